The SMILES string of the molecule is CCC(=O)N(Cc1ccccc1)C[C@H]1CC(c2ccccc2OC)=NO1. The summed E-state index contributed by atoms with van der Waals surface area (Å²) >= 11 is 0. The van der Waals surface area contributed by atoms with Crippen molar-refractivity contribution in [3.8, 4) is 5.75 Å². The predicted molar refractivity (Wildman–Crippen MR) is 101 cm³/mol. The number of ether oxygens (including phenoxy) is 1. The maximum absolute atomic E-state index is 12.4. The minimum atomic E-state index is -0.144. The molecule has 0 radical (unpaired) electrons. The second-order valence-electron chi connectivity index (χ2n) is 6.28. The highest BCUT2D eigenvalue weighted by Gasteiger charge is 2.27. The Bertz CT molecular complexity index is 774. The molecule has 0 aliphatic carbocycles. The molecule has 2 aromatic carbocycles. The van der Waals surface area contributed by atoms with Crippen molar-refractivity contribution < 1.29 is 14.4 Å². The van der Waals surface area contributed by atoms with E-state index >= 15 is 0 Å². The van der Waals surface area contributed by atoms with E-state index in [0.29, 0.717) is 25.9 Å². The van der Waals surface area contributed by atoms with Gasteiger partial charge in [-0.25, -0.2) is 0 Å². The molecule has 0 unspecified atom stereocenters. The number of methoxy groups -OCH3 is 1. The second kappa shape index (κ2) is 8.52. The largest absolute Gasteiger partial charge is 0.496 e. The maximum Gasteiger partial charge on any atom is 0.222 e. The fourth-order valence-electron chi connectivity index (χ4n) is 3.10. The molecule has 5 heteroatoms. The van der Waals surface area contributed by atoms with Crippen molar-refractivity contribution in [1.82, 2.24) is 4.90 Å². The number of hydrogen-bond donors (Lipinski definition) is 0. The molecule has 0 saturated carbocycles. The smallest absolute Gasteiger partial charge is 0.222 e. The van der Waals surface area contributed by atoms with Gasteiger partial charge >= 0.3 is 0 Å². The molecule has 0 aromatic heterocycles. The van der Waals surface area contributed by atoms with E-state index in [4.69, 9.17) is 9.57 Å². The number of amides is 1. The van der Waals surface area contributed by atoms with Gasteiger partial charge in [0.05, 0.1) is 19.4 Å². The lowest BCUT2D eigenvalue weighted by molar-refractivity contribution is -0.133. The molecular formula is C21H24N2O3. The van der Waals surface area contributed by atoms with Gasteiger partial charge in [0.15, 0.2) is 6.10 Å². The van der Waals surface area contributed by atoms with Gasteiger partial charge in [0.25, 0.3) is 0 Å². The van der Waals surface area contributed by atoms with Gasteiger partial charge in [-0.15, -0.1) is 0 Å². The highest BCUT2D eigenvalue weighted by atomic mass is 16.6. The third-order valence-corrected chi connectivity index (χ3v) is 4.45. The maximum atomic E-state index is 12.4. The number of rotatable bonds is 7. The summed E-state index contributed by atoms with van der Waals surface area (Å²) in [4.78, 5) is 19.8. The van der Waals surface area contributed by atoms with Gasteiger partial charge in [0.2, 0.25) is 5.91 Å². The van der Waals surface area contributed by atoms with Crippen molar-refractivity contribution in [2.45, 2.75) is 32.4 Å². The summed E-state index contributed by atoms with van der Waals surface area (Å²) in [7, 11) is 1.65. The minimum Gasteiger partial charge on any atom is -0.496 e. The highest BCUT2D eigenvalue weighted by Crippen LogP contribution is 2.25. The van der Waals surface area contributed by atoms with Crippen molar-refractivity contribution in [2.24, 2.45) is 5.16 Å². The molecule has 3 rings (SSSR count). The molecule has 2 aromatic rings. The Hall–Kier alpha value is -2.82. The lowest BCUT2D eigenvalue weighted by atomic mass is 10.0. The van der Waals surface area contributed by atoms with E-state index in [1.54, 1.807) is 7.11 Å². The van der Waals surface area contributed by atoms with Gasteiger partial charge < -0.3 is 14.5 Å². The van der Waals surface area contributed by atoms with Gasteiger partial charge in [0.1, 0.15) is 5.75 Å². The summed E-state index contributed by atoms with van der Waals surface area (Å²) in [5.74, 6) is 0.893. The topological polar surface area (TPSA) is 51.1 Å². The lowest BCUT2D eigenvalue weighted by Crippen LogP contribution is -2.36. The number of carbonyl (C=O) groups excluding carboxylic acids is 1. The Kier molecular flexibility index (Phi) is 5.89. The van der Waals surface area contributed by atoms with Gasteiger partial charge in [-0.05, 0) is 17.7 Å². The van der Waals surface area contributed by atoms with Crippen LogP contribution in [-0.2, 0) is 16.2 Å². The Morgan fingerprint density at radius 2 is 1.92 bits per heavy atom. The fraction of sp³-hybridized carbons (Fsp3) is 0.333. The van der Waals surface area contributed by atoms with E-state index < -0.39 is 0 Å². The summed E-state index contributed by atoms with van der Waals surface area (Å²) in [6, 6.07) is 17.8. The van der Waals surface area contributed by atoms with Gasteiger partial charge in [-0.1, -0.05) is 54.5 Å². The molecule has 0 saturated heterocycles. The molecule has 1 aliphatic rings. The Labute approximate surface area is 154 Å². The number of carbonyl (C=O) groups is 1. The summed E-state index contributed by atoms with van der Waals surface area (Å²) in [5.41, 5.74) is 2.91. The Morgan fingerprint density at radius 1 is 1.19 bits per heavy atom. The number of nitrogens with zero attached hydrogens (tertiary/aromatic N) is 2. The Morgan fingerprint density at radius 3 is 2.65 bits per heavy atom. The zero-order chi connectivity index (χ0) is 18.4. The average Bonchev–Trinajstić information content (AvgIpc) is 3.16. The van der Waals surface area contributed by atoms with Crippen LogP contribution in [0.3, 0.4) is 0 Å². The number of hydrogen-bond acceptors (Lipinski definition) is 4. The van der Waals surface area contributed by atoms with Crippen LogP contribution in [0.2, 0.25) is 0 Å². The van der Waals surface area contributed by atoms with E-state index in [2.05, 4.69) is 5.16 Å². The molecule has 1 heterocycles. The van der Waals surface area contributed by atoms with Crippen molar-refractivity contribution in [3.05, 3.63) is 65.7 Å². The van der Waals surface area contributed by atoms with Crippen LogP contribution in [0.5, 0.6) is 5.75 Å². The van der Waals surface area contributed by atoms with Crippen molar-refractivity contribution in [1.29, 1.82) is 0 Å². The molecule has 1 aliphatic heterocycles. The van der Waals surface area contributed by atoms with Crippen LogP contribution in [0.4, 0.5) is 0 Å². The van der Waals surface area contributed by atoms with E-state index in [0.717, 1.165) is 22.6 Å². The number of benzene rings is 2. The number of oxime groups is 1. The molecule has 1 amide bonds. The first-order valence-corrected chi connectivity index (χ1v) is 8.89. The van der Waals surface area contributed by atoms with Crippen LogP contribution < -0.4 is 4.74 Å². The van der Waals surface area contributed by atoms with Crippen LogP contribution in [0.15, 0.2) is 59.8 Å². The molecule has 136 valence electrons. The van der Waals surface area contributed by atoms with Gasteiger partial charge in [0, 0.05) is 24.9 Å². The molecule has 1 atom stereocenters. The summed E-state index contributed by atoms with van der Waals surface area (Å²) in [6.45, 7) is 2.98. The molecule has 26 heavy (non-hydrogen) atoms. The van der Waals surface area contributed by atoms with Crippen LogP contribution in [0, 0.1) is 0 Å². The highest BCUT2D eigenvalue weighted by molar-refractivity contribution is 6.03. The molecular weight excluding hydrogens is 328 g/mol. The van der Waals surface area contributed by atoms with Crippen molar-refractivity contribution in [3.63, 3.8) is 0 Å². The summed E-state index contributed by atoms with van der Waals surface area (Å²) in [5, 5.41) is 4.24. The van der Waals surface area contributed by atoms with E-state index in [1.165, 1.54) is 0 Å². The molecule has 0 bridgehead atoms. The van der Waals surface area contributed by atoms with Crippen molar-refractivity contribution >= 4 is 11.6 Å². The quantitative estimate of drug-likeness (QED) is 0.765. The standard InChI is InChI=1S/C21H24N2O3/c1-3-21(24)23(14-16-9-5-4-6-10-16)15-17-13-19(22-26-17)18-11-7-8-12-20(18)25-2/h4-12,17H,3,13-15H2,1-2H3/t17-/m1/s1. The van der Waals surface area contributed by atoms with Crippen LogP contribution >= 0.6 is 0 Å². The lowest BCUT2D eigenvalue weighted by Gasteiger charge is -2.24. The third-order valence-electron chi connectivity index (χ3n) is 4.45. The monoisotopic (exact) mass is 352 g/mol. The van der Waals surface area contributed by atoms with Crippen LogP contribution in [0.1, 0.15) is 30.9 Å². The minimum absolute atomic E-state index is 0.114. The molecule has 5 nitrogen and oxygen atoms in total. The summed E-state index contributed by atoms with van der Waals surface area (Å²) in [6.07, 6.45) is 0.983. The fourth-order valence-corrected chi connectivity index (χ4v) is 3.10. The molecule has 0 spiro atoms. The average molecular weight is 352 g/mol. The zero-order valence-corrected chi connectivity index (χ0v) is 15.2. The third kappa shape index (κ3) is 4.23. The molecule has 0 N–H and O–H groups in total. The predicted octanol–water partition coefficient (Wildman–Crippen LogP) is 3.63. The van der Waals surface area contributed by atoms with E-state index in [9.17, 15) is 4.79 Å². The summed E-state index contributed by atoms with van der Waals surface area (Å²) < 4.78 is 5.41. The van der Waals surface area contributed by atoms with Crippen LogP contribution in [-0.4, -0.2) is 36.3 Å². The normalized spacial score (nSPS) is 15.9. The van der Waals surface area contributed by atoms with E-state index in [-0.39, 0.29) is 12.0 Å². The van der Waals surface area contributed by atoms with Crippen molar-refractivity contribution in [2.75, 3.05) is 13.7 Å². The van der Waals surface area contributed by atoms with Gasteiger partial charge in [-0.2, -0.15) is 0 Å². The first kappa shape index (κ1) is 18.0. The first-order chi connectivity index (χ1) is 12.7. The second-order valence-corrected chi connectivity index (χ2v) is 6.28. The molecule has 0 fully saturated rings. The van der Waals surface area contributed by atoms with Crippen LogP contribution in [0.25, 0.3) is 0 Å². The Balaban J connectivity index is 1.67. The number of para-hydroxylation sites is 1. The first-order valence-electron chi connectivity index (χ1n) is 8.89. The zero-order valence-electron chi connectivity index (χ0n) is 15.2. The van der Waals surface area contributed by atoms with E-state index in [1.807, 2.05) is 66.4 Å². The van der Waals surface area contributed by atoms with Gasteiger partial charge in [-0.3, -0.25) is 4.79 Å².